The van der Waals surface area contributed by atoms with Crippen molar-refractivity contribution in [2.75, 3.05) is 6.54 Å². The largest absolute Gasteiger partial charge is 0.451 e. The van der Waals surface area contributed by atoms with Crippen LogP contribution >= 0.6 is 0 Å². The van der Waals surface area contributed by atoms with Gasteiger partial charge in [0, 0.05) is 47.6 Å². The third-order valence-electron chi connectivity index (χ3n) is 5.51. The van der Waals surface area contributed by atoms with E-state index in [1.807, 2.05) is 0 Å². The molecule has 0 unspecified atom stereocenters. The highest BCUT2D eigenvalue weighted by Gasteiger charge is 2.34. The molecule has 0 atom stereocenters. The van der Waals surface area contributed by atoms with Gasteiger partial charge >= 0.3 is 6.18 Å². The lowest BCUT2D eigenvalue weighted by Crippen LogP contribution is -2.40. The van der Waals surface area contributed by atoms with Crippen LogP contribution in [-0.4, -0.2) is 51.0 Å². The van der Waals surface area contributed by atoms with Gasteiger partial charge in [0.15, 0.2) is 0 Å². The van der Waals surface area contributed by atoms with E-state index in [-0.39, 0.29) is 35.1 Å². The summed E-state index contributed by atoms with van der Waals surface area (Å²) in [6.07, 6.45) is -1.43. The molecule has 0 radical (unpaired) electrons. The van der Waals surface area contributed by atoms with Crippen molar-refractivity contribution in [3.8, 4) is 11.3 Å². The fourth-order valence-electron chi connectivity index (χ4n) is 3.60. The molecule has 38 heavy (non-hydrogen) atoms. The summed E-state index contributed by atoms with van der Waals surface area (Å²) < 4.78 is 84.4. The molecule has 0 saturated carbocycles. The summed E-state index contributed by atoms with van der Waals surface area (Å²) >= 11 is 0. The van der Waals surface area contributed by atoms with E-state index in [4.69, 9.17) is 4.42 Å². The molecule has 3 heterocycles. The number of Topliss-reactive ketones (excluding diaryl/α,β-unsaturated/α-hetero) is 1. The van der Waals surface area contributed by atoms with Gasteiger partial charge in [0.05, 0.1) is 12.2 Å². The molecule has 3 aromatic heterocycles. The average molecular weight is 552 g/mol. The van der Waals surface area contributed by atoms with Crippen LogP contribution in [0.4, 0.5) is 17.6 Å². The Morgan fingerprint density at radius 2 is 1.76 bits per heavy atom. The molecule has 0 fully saturated rings. The zero-order valence-electron chi connectivity index (χ0n) is 20.1. The number of fused-ring (bicyclic) bond motifs is 1. The maximum absolute atomic E-state index is 13.5. The molecule has 0 spiro atoms. The van der Waals surface area contributed by atoms with Crippen LogP contribution < -0.4 is 0 Å². The van der Waals surface area contributed by atoms with Crippen LogP contribution in [0.25, 0.3) is 22.2 Å². The molecule has 4 aromatic rings. The van der Waals surface area contributed by atoms with Crippen molar-refractivity contribution in [3.05, 3.63) is 66.4 Å². The van der Waals surface area contributed by atoms with E-state index in [0.29, 0.717) is 5.69 Å². The number of sulfonamides is 1. The van der Waals surface area contributed by atoms with Gasteiger partial charge in [-0.1, -0.05) is 0 Å². The standard InChI is InChI=1S/C24H21F4N5O4S/c1-14(2)33(38(35,36)22-8-15-7-17(25)3-6-21(15)37-22)12-19(34)5-4-18-9-20(32-13-31-18)16-10-29-23(30-11-16)24(26,27)28/h3,6-11,13-14H,4-5,12H2,1-2H3. The van der Waals surface area contributed by atoms with Crippen LogP contribution in [0.2, 0.25) is 0 Å². The Balaban J connectivity index is 1.45. The second-order valence-electron chi connectivity index (χ2n) is 8.62. The first-order valence-electron chi connectivity index (χ1n) is 11.3. The molecular formula is C24H21F4N5O4S. The van der Waals surface area contributed by atoms with Crippen molar-refractivity contribution in [2.45, 2.75) is 44.0 Å². The first-order chi connectivity index (χ1) is 17.8. The molecule has 14 heteroatoms. The van der Waals surface area contributed by atoms with E-state index in [1.165, 1.54) is 24.5 Å². The van der Waals surface area contributed by atoms with Crippen LogP contribution in [0.1, 0.15) is 31.8 Å². The number of aromatic nitrogens is 4. The minimum Gasteiger partial charge on any atom is -0.443 e. The van der Waals surface area contributed by atoms with Crippen LogP contribution in [0.3, 0.4) is 0 Å². The summed E-state index contributed by atoms with van der Waals surface area (Å²) in [5.41, 5.74) is 1.11. The summed E-state index contributed by atoms with van der Waals surface area (Å²) in [6.45, 7) is 2.78. The molecule has 0 aliphatic carbocycles. The molecule has 9 nitrogen and oxygen atoms in total. The lowest BCUT2D eigenvalue weighted by Gasteiger charge is -2.23. The van der Waals surface area contributed by atoms with Crippen molar-refractivity contribution in [2.24, 2.45) is 0 Å². The molecule has 1 aromatic carbocycles. The third-order valence-corrected chi connectivity index (χ3v) is 7.39. The molecule has 0 amide bonds. The van der Waals surface area contributed by atoms with Gasteiger partial charge in [0.2, 0.25) is 10.9 Å². The highest BCUT2D eigenvalue weighted by Crippen LogP contribution is 2.28. The van der Waals surface area contributed by atoms with E-state index in [1.54, 1.807) is 13.8 Å². The predicted octanol–water partition coefficient (Wildman–Crippen LogP) is 4.44. The number of ketones is 1. The molecule has 4 rings (SSSR count). The van der Waals surface area contributed by atoms with Gasteiger partial charge in [-0.05, 0) is 44.5 Å². The van der Waals surface area contributed by atoms with E-state index in [2.05, 4.69) is 19.9 Å². The minimum absolute atomic E-state index is 0.0654. The fraction of sp³-hybridized carbons (Fsp3) is 0.292. The smallest absolute Gasteiger partial charge is 0.443 e. The number of alkyl halides is 3. The van der Waals surface area contributed by atoms with Crippen molar-refractivity contribution in [1.82, 2.24) is 24.2 Å². The normalized spacial score (nSPS) is 12.5. The number of hydrogen-bond donors (Lipinski definition) is 0. The van der Waals surface area contributed by atoms with Gasteiger partial charge in [-0.2, -0.15) is 17.5 Å². The van der Waals surface area contributed by atoms with Crippen LogP contribution in [0, 0.1) is 5.82 Å². The quantitative estimate of drug-likeness (QED) is 0.280. The van der Waals surface area contributed by atoms with Crippen molar-refractivity contribution in [1.29, 1.82) is 0 Å². The topological polar surface area (TPSA) is 119 Å². The maximum Gasteiger partial charge on any atom is 0.451 e. The molecule has 0 aliphatic rings. The van der Waals surface area contributed by atoms with Gasteiger partial charge < -0.3 is 4.42 Å². The van der Waals surface area contributed by atoms with E-state index >= 15 is 0 Å². The van der Waals surface area contributed by atoms with E-state index in [0.717, 1.165) is 28.8 Å². The van der Waals surface area contributed by atoms with Gasteiger partial charge in [-0.3, -0.25) is 4.79 Å². The highest BCUT2D eigenvalue weighted by atomic mass is 32.2. The van der Waals surface area contributed by atoms with Crippen LogP contribution in [0.5, 0.6) is 0 Å². The fourth-order valence-corrected chi connectivity index (χ4v) is 5.17. The Morgan fingerprint density at radius 1 is 1.05 bits per heavy atom. The number of carbonyl (C=O) groups is 1. The second-order valence-corrected chi connectivity index (χ2v) is 10.4. The minimum atomic E-state index is -4.67. The van der Waals surface area contributed by atoms with Crippen LogP contribution in [0.15, 0.2) is 58.6 Å². The molecular weight excluding hydrogens is 530 g/mol. The highest BCUT2D eigenvalue weighted by molar-refractivity contribution is 7.89. The number of carbonyl (C=O) groups excluding carboxylic acids is 1. The SMILES string of the molecule is CC(C)N(CC(=O)CCc1cc(-c2cnc(C(F)(F)F)nc2)ncn1)S(=O)(=O)c1cc2cc(F)ccc2o1. The van der Waals surface area contributed by atoms with E-state index < -0.39 is 51.3 Å². The lowest BCUT2D eigenvalue weighted by molar-refractivity contribution is -0.145. The summed E-state index contributed by atoms with van der Waals surface area (Å²) in [7, 11) is -4.21. The zero-order chi connectivity index (χ0) is 27.7. The Labute approximate surface area is 214 Å². The predicted molar refractivity (Wildman–Crippen MR) is 127 cm³/mol. The van der Waals surface area contributed by atoms with Gasteiger partial charge in [-0.15, -0.1) is 0 Å². The Bertz CT molecular complexity index is 1570. The summed E-state index contributed by atoms with van der Waals surface area (Å²) in [4.78, 5) is 27.5. The zero-order valence-corrected chi connectivity index (χ0v) is 20.9. The molecule has 0 N–H and O–H groups in total. The van der Waals surface area contributed by atoms with Gasteiger partial charge in [0.25, 0.3) is 10.0 Å². The van der Waals surface area contributed by atoms with E-state index in [9.17, 15) is 30.8 Å². The average Bonchev–Trinajstić information content (AvgIpc) is 3.30. The summed E-state index contributed by atoms with van der Waals surface area (Å²) in [5, 5.41) is -0.129. The number of halogens is 4. The first-order valence-corrected chi connectivity index (χ1v) is 12.7. The number of furan rings is 1. The summed E-state index contributed by atoms with van der Waals surface area (Å²) in [6, 6.07) is 5.73. The van der Waals surface area contributed by atoms with Crippen molar-refractivity contribution < 1.29 is 35.2 Å². The van der Waals surface area contributed by atoms with Crippen molar-refractivity contribution in [3.63, 3.8) is 0 Å². The number of rotatable bonds is 9. The molecule has 0 saturated heterocycles. The second kappa shape index (κ2) is 10.5. The maximum atomic E-state index is 13.5. The molecule has 0 bridgehead atoms. The monoisotopic (exact) mass is 551 g/mol. The molecule has 0 aliphatic heterocycles. The first kappa shape index (κ1) is 27.3. The van der Waals surface area contributed by atoms with Crippen LogP contribution in [-0.2, 0) is 27.4 Å². The Kier molecular flexibility index (Phi) is 7.56. The molecule has 200 valence electrons. The lowest BCUT2D eigenvalue weighted by atomic mass is 10.1. The third kappa shape index (κ3) is 6.02. The van der Waals surface area contributed by atoms with Gasteiger partial charge in [0.1, 0.15) is 23.5 Å². The Hall–Kier alpha value is -3.78. The van der Waals surface area contributed by atoms with Crippen molar-refractivity contribution >= 4 is 26.8 Å². The number of nitrogens with zero attached hydrogens (tertiary/aromatic N) is 5. The van der Waals surface area contributed by atoms with Gasteiger partial charge in [-0.25, -0.2) is 32.7 Å². The number of hydrogen-bond acceptors (Lipinski definition) is 8. The summed E-state index contributed by atoms with van der Waals surface area (Å²) in [5.74, 6) is -2.22. The number of benzene rings is 1. The Morgan fingerprint density at radius 3 is 2.42 bits per heavy atom. The number of aryl methyl sites for hydroxylation is 1.